The number of nitrogens with zero attached hydrogens (tertiary/aromatic N) is 3. The Bertz CT molecular complexity index is 817. The molecule has 2 aromatic rings. The molecule has 1 aromatic heterocycles. The average molecular weight is 385 g/mol. The Balaban J connectivity index is 1.55. The molecule has 1 atom stereocenters. The van der Waals surface area contributed by atoms with Crippen LogP contribution in [0.5, 0.6) is 0 Å². The van der Waals surface area contributed by atoms with Crippen molar-refractivity contribution in [3.05, 3.63) is 35.7 Å². The van der Waals surface area contributed by atoms with Gasteiger partial charge in [-0.15, -0.1) is 0 Å². The summed E-state index contributed by atoms with van der Waals surface area (Å²) in [6.45, 7) is 5.51. The van der Waals surface area contributed by atoms with Crippen LogP contribution in [0.4, 0.5) is 0 Å². The molecule has 0 N–H and O–H groups in total. The zero-order valence-electron chi connectivity index (χ0n) is 16.5. The molecule has 1 aliphatic rings. The molecule has 0 radical (unpaired) electrons. The van der Waals surface area contributed by atoms with E-state index in [0.717, 1.165) is 30.5 Å². The van der Waals surface area contributed by atoms with E-state index >= 15 is 0 Å². The summed E-state index contributed by atoms with van der Waals surface area (Å²) in [5.74, 6) is 1.17. The topological polar surface area (TPSA) is 85.5 Å². The number of amides is 1. The molecule has 1 aromatic carbocycles. The summed E-state index contributed by atoms with van der Waals surface area (Å²) in [7, 11) is 0. The molecule has 150 valence electrons. The second kappa shape index (κ2) is 9.48. The first-order chi connectivity index (χ1) is 13.6. The zero-order chi connectivity index (χ0) is 19.9. The molecule has 1 aliphatic heterocycles. The van der Waals surface area contributed by atoms with Crippen molar-refractivity contribution < 1.29 is 18.8 Å². The Morgan fingerprint density at radius 1 is 1.29 bits per heavy atom. The molecule has 7 nitrogen and oxygen atoms in total. The van der Waals surface area contributed by atoms with Crippen molar-refractivity contribution in [2.45, 2.75) is 46.0 Å². The number of ether oxygens (including phenoxy) is 1. The van der Waals surface area contributed by atoms with Crippen molar-refractivity contribution in [2.75, 3.05) is 19.7 Å². The SMILES string of the molecule is CCOC(=O)CCC(=O)N1CCCC(Cc2nc(-c3ccccc3C)no2)C1. The molecule has 1 unspecified atom stereocenters. The molecule has 0 aliphatic carbocycles. The van der Waals surface area contributed by atoms with Crippen LogP contribution in [-0.4, -0.2) is 46.6 Å². The smallest absolute Gasteiger partial charge is 0.306 e. The van der Waals surface area contributed by atoms with E-state index in [9.17, 15) is 9.59 Å². The van der Waals surface area contributed by atoms with Gasteiger partial charge in [0.25, 0.3) is 0 Å². The third-order valence-corrected chi connectivity index (χ3v) is 5.04. The second-order valence-electron chi connectivity index (χ2n) is 7.18. The minimum absolute atomic E-state index is 0.00359. The molecule has 0 spiro atoms. The Kier molecular flexibility index (Phi) is 6.79. The number of aryl methyl sites for hydroxylation is 1. The lowest BCUT2D eigenvalue weighted by Crippen LogP contribution is -2.40. The molecule has 1 amide bonds. The Labute approximate surface area is 165 Å². The summed E-state index contributed by atoms with van der Waals surface area (Å²) in [4.78, 5) is 30.2. The summed E-state index contributed by atoms with van der Waals surface area (Å²) < 4.78 is 10.3. The normalized spacial score (nSPS) is 16.8. The van der Waals surface area contributed by atoms with E-state index in [4.69, 9.17) is 9.26 Å². The highest BCUT2D eigenvalue weighted by atomic mass is 16.5. The Morgan fingerprint density at radius 3 is 2.89 bits per heavy atom. The fraction of sp³-hybridized carbons (Fsp3) is 0.524. The predicted octanol–water partition coefficient (Wildman–Crippen LogP) is 3.17. The van der Waals surface area contributed by atoms with Gasteiger partial charge in [-0.25, -0.2) is 0 Å². The fourth-order valence-electron chi connectivity index (χ4n) is 3.58. The van der Waals surface area contributed by atoms with Gasteiger partial charge in [0.1, 0.15) is 0 Å². The number of carbonyl (C=O) groups excluding carboxylic acids is 2. The molecule has 1 saturated heterocycles. The first kappa shape index (κ1) is 20.0. The Morgan fingerprint density at radius 2 is 2.11 bits per heavy atom. The van der Waals surface area contributed by atoms with Crippen LogP contribution in [0, 0.1) is 12.8 Å². The lowest BCUT2D eigenvalue weighted by molar-refractivity contribution is -0.146. The van der Waals surface area contributed by atoms with Crippen LogP contribution in [-0.2, 0) is 20.7 Å². The van der Waals surface area contributed by atoms with Gasteiger partial charge < -0.3 is 14.2 Å². The number of rotatable bonds is 7. The van der Waals surface area contributed by atoms with Gasteiger partial charge in [-0.05, 0) is 38.2 Å². The van der Waals surface area contributed by atoms with Gasteiger partial charge >= 0.3 is 5.97 Å². The summed E-state index contributed by atoms with van der Waals surface area (Å²) in [6.07, 6.45) is 2.94. The van der Waals surface area contributed by atoms with Crippen LogP contribution in [0.2, 0.25) is 0 Å². The van der Waals surface area contributed by atoms with Gasteiger partial charge in [-0.1, -0.05) is 29.4 Å². The fourth-order valence-corrected chi connectivity index (χ4v) is 3.58. The van der Waals surface area contributed by atoms with Crippen molar-refractivity contribution in [3.8, 4) is 11.4 Å². The molecular weight excluding hydrogens is 358 g/mol. The van der Waals surface area contributed by atoms with Gasteiger partial charge in [0, 0.05) is 31.5 Å². The van der Waals surface area contributed by atoms with Gasteiger partial charge in [0.2, 0.25) is 17.6 Å². The van der Waals surface area contributed by atoms with E-state index in [0.29, 0.717) is 31.3 Å². The van der Waals surface area contributed by atoms with E-state index in [-0.39, 0.29) is 30.6 Å². The van der Waals surface area contributed by atoms with Crippen molar-refractivity contribution in [1.29, 1.82) is 0 Å². The number of likely N-dealkylation sites (tertiary alicyclic amines) is 1. The molecular formula is C21H27N3O4. The summed E-state index contributed by atoms with van der Waals surface area (Å²) >= 11 is 0. The molecule has 0 saturated carbocycles. The number of aromatic nitrogens is 2. The van der Waals surface area contributed by atoms with Crippen LogP contribution in [0.25, 0.3) is 11.4 Å². The number of hydrogen-bond acceptors (Lipinski definition) is 6. The highest BCUT2D eigenvalue weighted by molar-refractivity contribution is 5.81. The van der Waals surface area contributed by atoms with E-state index in [1.165, 1.54) is 0 Å². The van der Waals surface area contributed by atoms with E-state index in [1.807, 2.05) is 36.1 Å². The van der Waals surface area contributed by atoms with Crippen molar-refractivity contribution in [2.24, 2.45) is 5.92 Å². The number of carbonyl (C=O) groups is 2. The van der Waals surface area contributed by atoms with Crippen LogP contribution < -0.4 is 0 Å². The predicted molar refractivity (Wildman–Crippen MR) is 103 cm³/mol. The van der Waals surface area contributed by atoms with Gasteiger partial charge in [0.15, 0.2) is 0 Å². The summed E-state index contributed by atoms with van der Waals surface area (Å²) in [5.41, 5.74) is 2.07. The van der Waals surface area contributed by atoms with Crippen LogP contribution >= 0.6 is 0 Å². The lowest BCUT2D eigenvalue weighted by atomic mass is 9.94. The largest absolute Gasteiger partial charge is 0.466 e. The van der Waals surface area contributed by atoms with Gasteiger partial charge in [-0.3, -0.25) is 9.59 Å². The lowest BCUT2D eigenvalue weighted by Gasteiger charge is -2.32. The maximum Gasteiger partial charge on any atom is 0.306 e. The number of hydrogen-bond donors (Lipinski definition) is 0. The maximum absolute atomic E-state index is 12.4. The Hall–Kier alpha value is -2.70. The van der Waals surface area contributed by atoms with E-state index in [1.54, 1.807) is 6.92 Å². The monoisotopic (exact) mass is 385 g/mol. The van der Waals surface area contributed by atoms with Crippen LogP contribution in [0.15, 0.2) is 28.8 Å². The molecule has 7 heteroatoms. The molecule has 28 heavy (non-hydrogen) atoms. The zero-order valence-corrected chi connectivity index (χ0v) is 16.5. The average Bonchev–Trinajstić information content (AvgIpc) is 3.15. The molecule has 3 rings (SSSR count). The van der Waals surface area contributed by atoms with Crippen molar-refractivity contribution >= 4 is 11.9 Å². The minimum Gasteiger partial charge on any atom is -0.466 e. The minimum atomic E-state index is -0.320. The highest BCUT2D eigenvalue weighted by Crippen LogP contribution is 2.24. The van der Waals surface area contributed by atoms with E-state index < -0.39 is 0 Å². The second-order valence-corrected chi connectivity index (χ2v) is 7.18. The van der Waals surface area contributed by atoms with Crippen LogP contribution in [0.3, 0.4) is 0 Å². The number of esters is 1. The van der Waals surface area contributed by atoms with Gasteiger partial charge in [0.05, 0.1) is 13.0 Å². The third-order valence-electron chi connectivity index (χ3n) is 5.04. The van der Waals surface area contributed by atoms with Crippen molar-refractivity contribution in [1.82, 2.24) is 15.0 Å². The number of benzene rings is 1. The van der Waals surface area contributed by atoms with Gasteiger partial charge in [-0.2, -0.15) is 4.98 Å². The quantitative estimate of drug-likeness (QED) is 0.681. The summed E-state index contributed by atoms with van der Waals surface area (Å²) in [6, 6.07) is 7.94. The summed E-state index contributed by atoms with van der Waals surface area (Å²) in [5, 5.41) is 4.12. The molecule has 2 heterocycles. The third kappa shape index (κ3) is 5.18. The number of piperidine rings is 1. The van der Waals surface area contributed by atoms with Crippen molar-refractivity contribution in [3.63, 3.8) is 0 Å². The first-order valence-corrected chi connectivity index (χ1v) is 9.88. The van der Waals surface area contributed by atoms with E-state index in [2.05, 4.69) is 10.1 Å². The van der Waals surface area contributed by atoms with Crippen LogP contribution in [0.1, 0.15) is 44.1 Å². The first-order valence-electron chi connectivity index (χ1n) is 9.88. The molecule has 1 fully saturated rings. The highest BCUT2D eigenvalue weighted by Gasteiger charge is 2.26. The molecule has 0 bridgehead atoms. The maximum atomic E-state index is 12.4. The standard InChI is InChI=1S/C21H27N3O4/c1-3-27-20(26)11-10-19(25)24-12-6-8-16(14-24)13-18-22-21(23-28-18)17-9-5-4-7-15(17)2/h4-5,7,9,16H,3,6,8,10-14H2,1-2H3.